The summed E-state index contributed by atoms with van der Waals surface area (Å²) in [6.45, 7) is 3.56. The Morgan fingerprint density at radius 3 is 2.60 bits per heavy atom. The minimum atomic E-state index is -0.995. The molecule has 0 atom stereocenters. The van der Waals surface area contributed by atoms with Crippen molar-refractivity contribution in [2.45, 2.75) is 19.6 Å². The van der Waals surface area contributed by atoms with Crippen molar-refractivity contribution in [3.05, 3.63) is 0 Å². The molecule has 0 aromatic carbocycles. The highest BCUT2D eigenvalue weighted by atomic mass is 16.5. The Kier molecular flexibility index (Phi) is 1.48. The van der Waals surface area contributed by atoms with Gasteiger partial charge in [0.25, 0.3) is 0 Å². The van der Waals surface area contributed by atoms with Crippen molar-refractivity contribution in [2.24, 2.45) is 4.99 Å². The third-order valence-corrected chi connectivity index (χ3v) is 1.21. The summed E-state index contributed by atoms with van der Waals surface area (Å²) in [5.41, 5.74) is -0.543. The van der Waals surface area contributed by atoms with Crippen LogP contribution < -0.4 is 0 Å². The lowest BCUT2D eigenvalue weighted by atomic mass is 10.3. The van der Waals surface area contributed by atoms with Crippen molar-refractivity contribution in [1.82, 2.24) is 0 Å². The van der Waals surface area contributed by atoms with Gasteiger partial charge in [0, 0.05) is 0 Å². The van der Waals surface area contributed by atoms with E-state index in [1.807, 2.05) is 0 Å². The molecular formula is C6H9NO3. The van der Waals surface area contributed by atoms with Gasteiger partial charge in [0.1, 0.15) is 5.71 Å². The van der Waals surface area contributed by atoms with E-state index in [1.54, 1.807) is 13.8 Å². The highest BCUT2D eigenvalue weighted by Crippen LogP contribution is 2.17. The molecule has 1 aliphatic rings. The Balaban J connectivity index is 2.76. The molecule has 0 aromatic rings. The molecule has 0 unspecified atom stereocenters. The van der Waals surface area contributed by atoms with Gasteiger partial charge in [-0.15, -0.1) is 0 Å². The summed E-state index contributed by atoms with van der Waals surface area (Å²) < 4.78 is 5.03. The first kappa shape index (κ1) is 7.21. The first-order chi connectivity index (χ1) is 4.51. The Labute approximate surface area is 58.5 Å². The van der Waals surface area contributed by atoms with Gasteiger partial charge < -0.3 is 9.84 Å². The van der Waals surface area contributed by atoms with E-state index in [0.717, 1.165) is 0 Å². The molecule has 0 aliphatic carbocycles. The van der Waals surface area contributed by atoms with Crippen LogP contribution in [0.15, 0.2) is 4.99 Å². The Morgan fingerprint density at radius 2 is 2.40 bits per heavy atom. The molecule has 56 valence electrons. The van der Waals surface area contributed by atoms with Crippen molar-refractivity contribution in [1.29, 1.82) is 0 Å². The van der Waals surface area contributed by atoms with Gasteiger partial charge in [0.05, 0.1) is 6.61 Å². The standard InChI is InChI=1S/C6H9NO3/c1-6(2)7-4(3-10-6)5(8)9/h3H2,1-2H3,(H,8,9). The molecule has 1 N–H and O–H groups in total. The molecule has 1 rings (SSSR count). The van der Waals surface area contributed by atoms with E-state index in [4.69, 9.17) is 9.84 Å². The van der Waals surface area contributed by atoms with Gasteiger partial charge in [-0.1, -0.05) is 0 Å². The maximum atomic E-state index is 10.3. The highest BCUT2D eigenvalue weighted by molar-refractivity contribution is 6.36. The lowest BCUT2D eigenvalue weighted by Gasteiger charge is -2.11. The van der Waals surface area contributed by atoms with Crippen LogP contribution in [-0.2, 0) is 9.53 Å². The van der Waals surface area contributed by atoms with Crippen LogP contribution in [0.2, 0.25) is 0 Å². The molecule has 0 spiro atoms. The van der Waals surface area contributed by atoms with E-state index in [0.29, 0.717) is 0 Å². The molecule has 0 amide bonds. The molecule has 0 saturated carbocycles. The SMILES string of the molecule is CC1(C)N=C(C(=O)O)CO1. The fraction of sp³-hybridized carbons (Fsp3) is 0.667. The van der Waals surface area contributed by atoms with Crippen LogP contribution in [0.5, 0.6) is 0 Å². The van der Waals surface area contributed by atoms with Gasteiger partial charge in [-0.3, -0.25) is 0 Å². The molecule has 0 aromatic heterocycles. The van der Waals surface area contributed by atoms with E-state index in [-0.39, 0.29) is 12.3 Å². The zero-order valence-electron chi connectivity index (χ0n) is 5.92. The fourth-order valence-electron chi connectivity index (χ4n) is 0.744. The second-order valence-corrected chi connectivity index (χ2v) is 2.60. The number of carboxylic acids is 1. The number of carbonyl (C=O) groups is 1. The summed E-state index contributed by atoms with van der Waals surface area (Å²) >= 11 is 0. The highest BCUT2D eigenvalue weighted by Gasteiger charge is 2.28. The molecule has 0 bridgehead atoms. The monoisotopic (exact) mass is 143 g/mol. The topological polar surface area (TPSA) is 58.9 Å². The lowest BCUT2D eigenvalue weighted by molar-refractivity contribution is -0.129. The number of rotatable bonds is 1. The van der Waals surface area contributed by atoms with Crippen molar-refractivity contribution >= 4 is 11.7 Å². The number of aliphatic imine (C=N–C) groups is 1. The maximum Gasteiger partial charge on any atom is 0.352 e. The Hall–Kier alpha value is -0.900. The van der Waals surface area contributed by atoms with E-state index in [2.05, 4.69) is 4.99 Å². The summed E-state index contributed by atoms with van der Waals surface area (Å²) in [5, 5.41) is 8.43. The van der Waals surface area contributed by atoms with Crippen molar-refractivity contribution in [2.75, 3.05) is 6.61 Å². The Morgan fingerprint density at radius 1 is 1.80 bits per heavy atom. The molecule has 0 radical (unpaired) electrons. The quantitative estimate of drug-likeness (QED) is 0.573. The predicted octanol–water partition coefficient (Wildman–Crippen LogP) is 0.278. The van der Waals surface area contributed by atoms with E-state index in [9.17, 15) is 4.79 Å². The second kappa shape index (κ2) is 2.05. The van der Waals surface area contributed by atoms with Crippen LogP contribution in [-0.4, -0.2) is 29.1 Å². The first-order valence-electron chi connectivity index (χ1n) is 2.97. The van der Waals surface area contributed by atoms with Crippen LogP contribution in [0, 0.1) is 0 Å². The average Bonchev–Trinajstić information content (AvgIpc) is 2.10. The summed E-state index contributed by atoms with van der Waals surface area (Å²) in [6.07, 6.45) is 0. The van der Waals surface area contributed by atoms with Crippen molar-refractivity contribution in [3.63, 3.8) is 0 Å². The van der Waals surface area contributed by atoms with Crippen LogP contribution in [0.3, 0.4) is 0 Å². The third-order valence-electron chi connectivity index (χ3n) is 1.21. The molecule has 0 fully saturated rings. The van der Waals surface area contributed by atoms with Crippen LogP contribution in [0.1, 0.15) is 13.8 Å². The van der Waals surface area contributed by atoms with Crippen molar-refractivity contribution in [3.8, 4) is 0 Å². The summed E-state index contributed by atoms with van der Waals surface area (Å²) in [4.78, 5) is 14.1. The molecule has 1 heterocycles. The van der Waals surface area contributed by atoms with Crippen LogP contribution >= 0.6 is 0 Å². The first-order valence-corrected chi connectivity index (χ1v) is 2.97. The number of carboxylic acid groups (broad SMARTS) is 1. The van der Waals surface area contributed by atoms with Crippen LogP contribution in [0.4, 0.5) is 0 Å². The van der Waals surface area contributed by atoms with Crippen molar-refractivity contribution < 1.29 is 14.6 Å². The summed E-state index contributed by atoms with van der Waals surface area (Å²) in [7, 11) is 0. The van der Waals surface area contributed by atoms with Gasteiger partial charge in [0.2, 0.25) is 0 Å². The number of hydrogen-bond donors (Lipinski definition) is 1. The van der Waals surface area contributed by atoms with E-state index >= 15 is 0 Å². The maximum absolute atomic E-state index is 10.3. The fourth-order valence-corrected chi connectivity index (χ4v) is 0.744. The second-order valence-electron chi connectivity index (χ2n) is 2.60. The lowest BCUT2D eigenvalue weighted by Crippen LogP contribution is -2.15. The van der Waals surface area contributed by atoms with E-state index in [1.165, 1.54) is 0 Å². The summed E-state index contributed by atoms with van der Waals surface area (Å²) in [5.74, 6) is -0.995. The van der Waals surface area contributed by atoms with Crippen LogP contribution in [0.25, 0.3) is 0 Å². The molecule has 4 nitrogen and oxygen atoms in total. The minimum Gasteiger partial charge on any atom is -0.477 e. The number of ether oxygens (including phenoxy) is 1. The minimum absolute atomic E-state index is 0.102. The van der Waals surface area contributed by atoms with Gasteiger partial charge >= 0.3 is 5.97 Å². The molecule has 4 heteroatoms. The normalized spacial score (nSPS) is 22.4. The number of hydrogen-bond acceptors (Lipinski definition) is 3. The zero-order chi connectivity index (χ0) is 7.78. The zero-order valence-corrected chi connectivity index (χ0v) is 5.92. The predicted molar refractivity (Wildman–Crippen MR) is 35.1 cm³/mol. The number of nitrogens with zero attached hydrogens (tertiary/aromatic N) is 1. The smallest absolute Gasteiger partial charge is 0.352 e. The third kappa shape index (κ3) is 1.33. The Bertz CT molecular complexity index is 195. The molecular weight excluding hydrogens is 134 g/mol. The van der Waals surface area contributed by atoms with Gasteiger partial charge in [0.15, 0.2) is 5.72 Å². The molecule has 1 aliphatic heterocycles. The van der Waals surface area contributed by atoms with E-state index < -0.39 is 11.7 Å². The molecule has 10 heavy (non-hydrogen) atoms. The van der Waals surface area contributed by atoms with Gasteiger partial charge in [-0.2, -0.15) is 0 Å². The van der Waals surface area contributed by atoms with Gasteiger partial charge in [-0.05, 0) is 13.8 Å². The number of aliphatic carboxylic acids is 1. The average molecular weight is 143 g/mol. The largest absolute Gasteiger partial charge is 0.477 e. The summed E-state index contributed by atoms with van der Waals surface area (Å²) in [6, 6.07) is 0. The molecule has 0 saturated heterocycles. The van der Waals surface area contributed by atoms with Gasteiger partial charge in [-0.25, -0.2) is 9.79 Å².